The normalized spacial score (nSPS) is 29.2. The van der Waals surface area contributed by atoms with E-state index >= 15 is 0 Å². The summed E-state index contributed by atoms with van der Waals surface area (Å²) in [6.07, 6.45) is 5.21. The summed E-state index contributed by atoms with van der Waals surface area (Å²) in [5, 5.41) is 0. The molecular formula is C14H23N5. The first kappa shape index (κ1) is 13.0. The molecule has 1 saturated heterocycles. The molecule has 5 nitrogen and oxygen atoms in total. The van der Waals surface area contributed by atoms with E-state index in [4.69, 9.17) is 10.7 Å². The van der Waals surface area contributed by atoms with Crippen molar-refractivity contribution in [2.24, 2.45) is 5.73 Å². The van der Waals surface area contributed by atoms with Crippen LogP contribution >= 0.6 is 0 Å². The first-order valence-corrected chi connectivity index (χ1v) is 7.15. The number of nitrogens with two attached hydrogens (primary N) is 1. The minimum absolute atomic E-state index is 0.129. The minimum Gasteiger partial charge on any atom is -0.324 e. The van der Waals surface area contributed by atoms with E-state index in [0.717, 1.165) is 50.3 Å². The number of rotatable bonds is 1. The van der Waals surface area contributed by atoms with Crippen molar-refractivity contribution in [2.45, 2.75) is 31.3 Å². The molecule has 5 heteroatoms. The van der Waals surface area contributed by atoms with Crippen LogP contribution < -0.4 is 5.73 Å². The molecule has 1 aromatic rings. The number of aromatic nitrogens is 2. The SMILES string of the molecule is CN1CCN(C)C(c2ncc3c(n2)CCCC3N)C1. The van der Waals surface area contributed by atoms with E-state index in [9.17, 15) is 0 Å². The van der Waals surface area contributed by atoms with Gasteiger partial charge in [0.2, 0.25) is 0 Å². The first-order valence-electron chi connectivity index (χ1n) is 7.15. The van der Waals surface area contributed by atoms with Crippen molar-refractivity contribution >= 4 is 0 Å². The molecule has 19 heavy (non-hydrogen) atoms. The zero-order chi connectivity index (χ0) is 13.4. The Kier molecular flexibility index (Phi) is 3.52. The van der Waals surface area contributed by atoms with Gasteiger partial charge in [0.25, 0.3) is 0 Å². The predicted molar refractivity (Wildman–Crippen MR) is 74.8 cm³/mol. The number of hydrogen-bond donors (Lipinski definition) is 1. The largest absolute Gasteiger partial charge is 0.324 e. The van der Waals surface area contributed by atoms with Gasteiger partial charge in [-0.05, 0) is 33.4 Å². The topological polar surface area (TPSA) is 58.3 Å². The van der Waals surface area contributed by atoms with Crippen LogP contribution in [0, 0.1) is 0 Å². The molecule has 104 valence electrons. The van der Waals surface area contributed by atoms with Crippen LogP contribution in [0.15, 0.2) is 6.20 Å². The zero-order valence-corrected chi connectivity index (χ0v) is 11.8. The van der Waals surface area contributed by atoms with Crippen molar-refractivity contribution in [3.05, 3.63) is 23.3 Å². The van der Waals surface area contributed by atoms with E-state index in [1.807, 2.05) is 6.20 Å². The molecule has 1 aliphatic heterocycles. The predicted octanol–water partition coefficient (Wildman–Crippen LogP) is 0.731. The number of fused-ring (bicyclic) bond motifs is 1. The van der Waals surface area contributed by atoms with Crippen molar-refractivity contribution in [3.8, 4) is 0 Å². The molecule has 0 aromatic carbocycles. The Hall–Kier alpha value is -1.04. The summed E-state index contributed by atoms with van der Waals surface area (Å²) < 4.78 is 0. The Morgan fingerprint density at radius 1 is 1.32 bits per heavy atom. The molecule has 1 aliphatic carbocycles. The van der Waals surface area contributed by atoms with Gasteiger partial charge in [-0.15, -0.1) is 0 Å². The molecule has 0 spiro atoms. The highest BCUT2D eigenvalue weighted by molar-refractivity contribution is 5.24. The lowest BCUT2D eigenvalue weighted by atomic mass is 9.93. The number of aryl methyl sites for hydroxylation is 1. The minimum atomic E-state index is 0.129. The summed E-state index contributed by atoms with van der Waals surface area (Å²) in [5.74, 6) is 0.960. The highest BCUT2D eigenvalue weighted by atomic mass is 15.3. The molecule has 2 aliphatic rings. The maximum atomic E-state index is 6.13. The first-order chi connectivity index (χ1) is 9.15. The summed E-state index contributed by atoms with van der Waals surface area (Å²) >= 11 is 0. The quantitative estimate of drug-likeness (QED) is 0.807. The number of likely N-dealkylation sites (N-methyl/N-ethyl adjacent to an activating group) is 2. The maximum Gasteiger partial charge on any atom is 0.146 e. The van der Waals surface area contributed by atoms with E-state index < -0.39 is 0 Å². The number of hydrogen-bond acceptors (Lipinski definition) is 5. The average Bonchev–Trinajstić information content (AvgIpc) is 2.41. The molecule has 2 N–H and O–H groups in total. The molecule has 3 rings (SSSR count). The van der Waals surface area contributed by atoms with E-state index in [0.29, 0.717) is 6.04 Å². The van der Waals surface area contributed by atoms with Crippen molar-refractivity contribution < 1.29 is 0 Å². The molecule has 0 bridgehead atoms. The highest BCUT2D eigenvalue weighted by Crippen LogP contribution is 2.28. The maximum absolute atomic E-state index is 6.13. The Bertz CT molecular complexity index is 461. The average molecular weight is 261 g/mol. The van der Waals surface area contributed by atoms with Crippen molar-refractivity contribution in [2.75, 3.05) is 33.7 Å². The lowest BCUT2D eigenvalue weighted by molar-refractivity contribution is 0.109. The Morgan fingerprint density at radius 2 is 2.16 bits per heavy atom. The van der Waals surface area contributed by atoms with Gasteiger partial charge in [0.15, 0.2) is 0 Å². The second-order valence-corrected chi connectivity index (χ2v) is 5.89. The lowest BCUT2D eigenvalue weighted by Crippen LogP contribution is -2.45. The van der Waals surface area contributed by atoms with Gasteiger partial charge in [0, 0.05) is 43.1 Å². The van der Waals surface area contributed by atoms with Gasteiger partial charge in [0.05, 0.1) is 6.04 Å². The van der Waals surface area contributed by atoms with Crippen LogP contribution in [-0.2, 0) is 6.42 Å². The monoisotopic (exact) mass is 261 g/mol. The van der Waals surface area contributed by atoms with Crippen LogP contribution in [0.25, 0.3) is 0 Å². The van der Waals surface area contributed by atoms with Crippen molar-refractivity contribution in [1.29, 1.82) is 0 Å². The van der Waals surface area contributed by atoms with Crippen LogP contribution in [0.4, 0.5) is 0 Å². The zero-order valence-electron chi connectivity index (χ0n) is 11.8. The summed E-state index contributed by atoms with van der Waals surface area (Å²) in [6.45, 7) is 3.19. The molecule has 2 heterocycles. The summed E-state index contributed by atoms with van der Waals surface area (Å²) in [6, 6.07) is 0.437. The Labute approximate surface area is 114 Å². The second kappa shape index (κ2) is 5.15. The van der Waals surface area contributed by atoms with Gasteiger partial charge in [-0.25, -0.2) is 9.97 Å². The molecule has 2 unspecified atom stereocenters. The fourth-order valence-corrected chi connectivity index (χ4v) is 3.05. The van der Waals surface area contributed by atoms with Crippen molar-refractivity contribution in [3.63, 3.8) is 0 Å². The standard InChI is InChI=1S/C14H23N5/c1-18-6-7-19(2)13(9-18)14-16-8-10-11(15)4-3-5-12(10)17-14/h8,11,13H,3-7,9,15H2,1-2H3. The van der Waals surface area contributed by atoms with E-state index in [2.05, 4.69) is 28.9 Å². The molecular weight excluding hydrogens is 238 g/mol. The van der Waals surface area contributed by atoms with E-state index in [-0.39, 0.29) is 6.04 Å². The summed E-state index contributed by atoms with van der Waals surface area (Å²) in [4.78, 5) is 14.1. The molecule has 2 atom stereocenters. The van der Waals surface area contributed by atoms with Gasteiger partial charge in [-0.3, -0.25) is 4.90 Å². The van der Waals surface area contributed by atoms with Crippen LogP contribution in [0.1, 0.15) is 42.0 Å². The van der Waals surface area contributed by atoms with Crippen LogP contribution in [0.5, 0.6) is 0 Å². The lowest BCUT2D eigenvalue weighted by Gasteiger charge is -2.37. The Morgan fingerprint density at radius 3 is 3.00 bits per heavy atom. The van der Waals surface area contributed by atoms with Crippen LogP contribution in [-0.4, -0.2) is 53.5 Å². The number of piperazine rings is 1. The van der Waals surface area contributed by atoms with Crippen molar-refractivity contribution in [1.82, 2.24) is 19.8 Å². The third-order valence-corrected chi connectivity index (χ3v) is 4.40. The summed E-state index contributed by atoms with van der Waals surface area (Å²) in [7, 11) is 4.32. The number of nitrogens with zero attached hydrogens (tertiary/aromatic N) is 4. The molecule has 0 saturated carbocycles. The Balaban J connectivity index is 1.89. The highest BCUT2D eigenvalue weighted by Gasteiger charge is 2.27. The second-order valence-electron chi connectivity index (χ2n) is 5.89. The van der Waals surface area contributed by atoms with Gasteiger partial charge in [-0.1, -0.05) is 0 Å². The van der Waals surface area contributed by atoms with Gasteiger partial charge >= 0.3 is 0 Å². The van der Waals surface area contributed by atoms with Gasteiger partial charge in [0.1, 0.15) is 5.82 Å². The fraction of sp³-hybridized carbons (Fsp3) is 0.714. The fourth-order valence-electron chi connectivity index (χ4n) is 3.05. The van der Waals surface area contributed by atoms with E-state index in [1.54, 1.807) is 0 Å². The van der Waals surface area contributed by atoms with Crippen LogP contribution in [0.2, 0.25) is 0 Å². The molecule has 1 aromatic heterocycles. The molecule has 0 radical (unpaired) electrons. The van der Waals surface area contributed by atoms with Gasteiger partial charge in [-0.2, -0.15) is 0 Å². The molecule has 0 amide bonds. The summed E-state index contributed by atoms with van der Waals surface area (Å²) in [5.41, 5.74) is 8.45. The molecule has 1 fully saturated rings. The third kappa shape index (κ3) is 2.50. The third-order valence-electron chi connectivity index (χ3n) is 4.40. The van der Waals surface area contributed by atoms with E-state index in [1.165, 1.54) is 5.69 Å². The van der Waals surface area contributed by atoms with Crippen LogP contribution in [0.3, 0.4) is 0 Å². The van der Waals surface area contributed by atoms with Gasteiger partial charge < -0.3 is 10.6 Å². The smallest absolute Gasteiger partial charge is 0.146 e.